The number of rotatable bonds is 9. The molecular weight excluding hydrogens is 490 g/mol. The van der Waals surface area contributed by atoms with E-state index in [4.69, 9.17) is 15.2 Å². The van der Waals surface area contributed by atoms with Crippen molar-refractivity contribution in [2.45, 2.75) is 27.2 Å². The molecule has 3 N–H and O–H groups in total. The standard InChI is InChI=1S/C28H33N3O5S/c1-28(2,3)17-18-16-22(25(37-18)26(29)33)30-27(34)24(32)21-8-9-23(20-7-5-4-6-19(20)21)36-15-12-31-10-13-35-14-11-31/h4-9,16H,10-15,17H2,1-3H3,(H2,29,33)(H,30,34). The molecule has 1 saturated heterocycles. The van der Waals surface area contributed by atoms with Gasteiger partial charge in [-0.25, -0.2) is 0 Å². The second kappa shape index (κ2) is 11.4. The summed E-state index contributed by atoms with van der Waals surface area (Å²) in [4.78, 5) is 41.6. The van der Waals surface area contributed by atoms with Crippen LogP contribution in [-0.2, 0) is 16.0 Å². The average Bonchev–Trinajstić information content (AvgIpc) is 3.25. The van der Waals surface area contributed by atoms with Gasteiger partial charge in [0.05, 0.1) is 18.9 Å². The highest BCUT2D eigenvalue weighted by atomic mass is 32.1. The molecule has 0 saturated carbocycles. The summed E-state index contributed by atoms with van der Waals surface area (Å²) in [5.41, 5.74) is 6.06. The second-order valence-electron chi connectivity index (χ2n) is 10.3. The Morgan fingerprint density at radius 2 is 1.78 bits per heavy atom. The predicted molar refractivity (Wildman–Crippen MR) is 146 cm³/mol. The Bertz CT molecular complexity index is 1300. The number of primary amides is 1. The van der Waals surface area contributed by atoms with E-state index >= 15 is 0 Å². The zero-order valence-corrected chi connectivity index (χ0v) is 22.3. The average molecular weight is 524 g/mol. The SMILES string of the molecule is CC(C)(C)Cc1cc(NC(=O)C(=O)c2ccc(OCCN3CCOCC3)c3ccccc23)c(C(N)=O)s1. The van der Waals surface area contributed by atoms with Crippen LogP contribution in [0, 0.1) is 5.41 Å². The van der Waals surface area contributed by atoms with Crippen molar-refractivity contribution in [3.05, 3.63) is 57.8 Å². The fourth-order valence-corrected chi connectivity index (χ4v) is 5.60. The van der Waals surface area contributed by atoms with Crippen molar-refractivity contribution in [3.63, 3.8) is 0 Å². The molecule has 2 aromatic carbocycles. The number of anilines is 1. The highest BCUT2D eigenvalue weighted by Gasteiger charge is 2.24. The summed E-state index contributed by atoms with van der Waals surface area (Å²) in [6, 6.07) is 12.4. The van der Waals surface area contributed by atoms with Gasteiger partial charge in [-0.2, -0.15) is 0 Å². The smallest absolute Gasteiger partial charge is 0.296 e. The van der Waals surface area contributed by atoms with Gasteiger partial charge in [0.1, 0.15) is 17.2 Å². The maximum Gasteiger partial charge on any atom is 0.296 e. The lowest BCUT2D eigenvalue weighted by Crippen LogP contribution is -2.38. The van der Waals surface area contributed by atoms with Gasteiger partial charge in [-0.1, -0.05) is 45.0 Å². The topological polar surface area (TPSA) is 111 Å². The molecule has 0 bridgehead atoms. The number of ketones is 1. The number of Topliss-reactive ketones (excluding diaryl/α,β-unsaturated/α-hetero) is 1. The number of carbonyl (C=O) groups is 3. The molecule has 0 atom stereocenters. The number of hydrogen-bond acceptors (Lipinski definition) is 7. The van der Waals surface area contributed by atoms with E-state index in [-0.39, 0.29) is 21.5 Å². The minimum atomic E-state index is -0.825. The molecule has 1 aliphatic rings. The van der Waals surface area contributed by atoms with Crippen molar-refractivity contribution >= 4 is 45.4 Å². The number of amides is 2. The fraction of sp³-hybridized carbons (Fsp3) is 0.393. The maximum absolute atomic E-state index is 13.2. The number of nitrogens with zero attached hydrogens (tertiary/aromatic N) is 1. The minimum Gasteiger partial charge on any atom is -0.492 e. The third kappa shape index (κ3) is 6.74. The first kappa shape index (κ1) is 26.8. The molecule has 0 radical (unpaired) electrons. The van der Waals surface area contributed by atoms with Gasteiger partial charge in [0.2, 0.25) is 0 Å². The number of fused-ring (bicyclic) bond motifs is 1. The summed E-state index contributed by atoms with van der Waals surface area (Å²) in [5, 5.41) is 4.00. The molecule has 37 heavy (non-hydrogen) atoms. The molecule has 2 amide bonds. The first-order chi connectivity index (χ1) is 17.6. The monoisotopic (exact) mass is 523 g/mol. The van der Waals surface area contributed by atoms with Crippen molar-refractivity contribution in [2.75, 3.05) is 44.8 Å². The van der Waals surface area contributed by atoms with E-state index in [0.29, 0.717) is 24.2 Å². The number of thiophene rings is 1. The number of morpholine rings is 1. The Hall–Kier alpha value is -3.27. The lowest BCUT2D eigenvalue weighted by atomic mass is 9.91. The number of carbonyl (C=O) groups excluding carboxylic acids is 3. The summed E-state index contributed by atoms with van der Waals surface area (Å²) in [6.07, 6.45) is 0.708. The van der Waals surface area contributed by atoms with Crippen LogP contribution in [-0.4, -0.2) is 62.0 Å². The van der Waals surface area contributed by atoms with Gasteiger partial charge in [0.25, 0.3) is 17.6 Å². The van der Waals surface area contributed by atoms with E-state index < -0.39 is 17.6 Å². The van der Waals surface area contributed by atoms with Crippen LogP contribution in [0.5, 0.6) is 5.75 Å². The highest BCUT2D eigenvalue weighted by molar-refractivity contribution is 7.14. The molecule has 2 heterocycles. The Morgan fingerprint density at radius 3 is 2.46 bits per heavy atom. The van der Waals surface area contributed by atoms with Crippen molar-refractivity contribution < 1.29 is 23.9 Å². The van der Waals surface area contributed by atoms with Crippen LogP contribution < -0.4 is 15.8 Å². The van der Waals surface area contributed by atoms with Crippen LogP contribution in [0.15, 0.2) is 42.5 Å². The largest absolute Gasteiger partial charge is 0.492 e. The molecule has 0 spiro atoms. The van der Waals surface area contributed by atoms with Crippen LogP contribution >= 0.6 is 11.3 Å². The quantitative estimate of drug-likeness (QED) is 0.322. The fourth-order valence-electron chi connectivity index (χ4n) is 4.33. The summed E-state index contributed by atoms with van der Waals surface area (Å²) in [5.74, 6) is -1.51. The van der Waals surface area contributed by atoms with Gasteiger partial charge in [-0.05, 0) is 35.4 Å². The molecule has 4 rings (SSSR count). The summed E-state index contributed by atoms with van der Waals surface area (Å²) in [6.45, 7) is 10.7. The van der Waals surface area contributed by atoms with E-state index in [1.807, 2.05) is 18.2 Å². The Labute approximate surface area is 220 Å². The number of ether oxygens (including phenoxy) is 2. The van der Waals surface area contributed by atoms with Gasteiger partial charge >= 0.3 is 0 Å². The zero-order valence-electron chi connectivity index (χ0n) is 21.5. The maximum atomic E-state index is 13.2. The highest BCUT2D eigenvalue weighted by Crippen LogP contribution is 2.33. The molecule has 9 heteroatoms. The number of nitrogens with one attached hydrogen (secondary N) is 1. The molecule has 3 aromatic rings. The lowest BCUT2D eigenvalue weighted by molar-refractivity contribution is -0.112. The van der Waals surface area contributed by atoms with E-state index in [1.54, 1.807) is 24.3 Å². The van der Waals surface area contributed by atoms with Gasteiger partial charge < -0.3 is 20.5 Å². The van der Waals surface area contributed by atoms with Crippen LogP contribution in [0.2, 0.25) is 0 Å². The van der Waals surface area contributed by atoms with E-state index in [9.17, 15) is 14.4 Å². The minimum absolute atomic E-state index is 0.0121. The normalized spacial score (nSPS) is 14.5. The number of hydrogen-bond donors (Lipinski definition) is 2. The van der Waals surface area contributed by atoms with Crippen molar-refractivity contribution in [2.24, 2.45) is 11.1 Å². The van der Waals surface area contributed by atoms with Crippen molar-refractivity contribution in [1.82, 2.24) is 4.90 Å². The van der Waals surface area contributed by atoms with Crippen LogP contribution in [0.25, 0.3) is 10.8 Å². The first-order valence-corrected chi connectivity index (χ1v) is 13.2. The van der Waals surface area contributed by atoms with Crippen LogP contribution in [0.1, 0.15) is 45.7 Å². The van der Waals surface area contributed by atoms with E-state index in [0.717, 1.165) is 43.1 Å². The predicted octanol–water partition coefficient (Wildman–Crippen LogP) is 4.12. The van der Waals surface area contributed by atoms with E-state index in [2.05, 4.69) is 31.0 Å². The van der Waals surface area contributed by atoms with Crippen LogP contribution in [0.4, 0.5) is 5.69 Å². The molecule has 0 aliphatic carbocycles. The first-order valence-electron chi connectivity index (χ1n) is 12.4. The summed E-state index contributed by atoms with van der Waals surface area (Å²) >= 11 is 1.24. The number of benzene rings is 2. The third-order valence-electron chi connectivity index (χ3n) is 6.06. The van der Waals surface area contributed by atoms with Gasteiger partial charge in [-0.3, -0.25) is 19.3 Å². The number of nitrogens with two attached hydrogens (primary N) is 1. The molecule has 196 valence electrons. The Balaban J connectivity index is 1.52. The second-order valence-corrected chi connectivity index (χ2v) is 11.4. The van der Waals surface area contributed by atoms with Crippen molar-refractivity contribution in [1.29, 1.82) is 0 Å². The van der Waals surface area contributed by atoms with Gasteiger partial charge in [0.15, 0.2) is 0 Å². The van der Waals surface area contributed by atoms with Crippen LogP contribution in [0.3, 0.4) is 0 Å². The molecule has 1 aliphatic heterocycles. The van der Waals surface area contributed by atoms with E-state index in [1.165, 1.54) is 11.3 Å². The molecule has 1 fully saturated rings. The van der Waals surface area contributed by atoms with Gasteiger partial charge in [-0.15, -0.1) is 11.3 Å². The lowest BCUT2D eigenvalue weighted by Gasteiger charge is -2.26. The molecule has 8 nitrogen and oxygen atoms in total. The summed E-state index contributed by atoms with van der Waals surface area (Å²) in [7, 11) is 0. The van der Waals surface area contributed by atoms with Gasteiger partial charge in [0, 0.05) is 35.5 Å². The Kier molecular flexibility index (Phi) is 8.26. The summed E-state index contributed by atoms with van der Waals surface area (Å²) < 4.78 is 11.4. The third-order valence-corrected chi connectivity index (χ3v) is 7.21. The molecular formula is C28H33N3O5S. The molecule has 0 unspecified atom stereocenters. The zero-order chi connectivity index (χ0) is 26.6. The molecule has 1 aromatic heterocycles. The van der Waals surface area contributed by atoms with Crippen molar-refractivity contribution in [3.8, 4) is 5.75 Å². The Morgan fingerprint density at radius 1 is 1.08 bits per heavy atom.